The topological polar surface area (TPSA) is 0 Å². The van der Waals surface area contributed by atoms with E-state index in [1.54, 1.807) is 5.57 Å². The summed E-state index contributed by atoms with van der Waals surface area (Å²) in [6.07, 6.45) is 8.15. The van der Waals surface area contributed by atoms with Crippen molar-refractivity contribution in [1.82, 2.24) is 0 Å². The largest absolute Gasteiger partial charge is 0.0798 e. The normalized spacial score (nSPS) is 17.1. The Morgan fingerprint density at radius 3 is 2.37 bits per heavy atom. The molecule has 6 rings (SSSR count). The molecule has 0 saturated carbocycles. The van der Waals surface area contributed by atoms with E-state index < -0.39 is 0 Å². The molecule has 0 N–H and O–H groups in total. The molecular formula is C35H34. The van der Waals surface area contributed by atoms with E-state index in [-0.39, 0.29) is 5.41 Å². The maximum atomic E-state index is 2.47. The highest BCUT2D eigenvalue weighted by atomic mass is 14.3. The van der Waals surface area contributed by atoms with Gasteiger partial charge >= 0.3 is 0 Å². The van der Waals surface area contributed by atoms with Crippen molar-refractivity contribution in [2.24, 2.45) is 0 Å². The summed E-state index contributed by atoms with van der Waals surface area (Å²) in [5, 5.41) is 2.70. The minimum Gasteiger partial charge on any atom is -0.0798 e. The van der Waals surface area contributed by atoms with Gasteiger partial charge in [0.05, 0.1) is 0 Å². The van der Waals surface area contributed by atoms with E-state index >= 15 is 0 Å². The van der Waals surface area contributed by atoms with Gasteiger partial charge in [0.25, 0.3) is 0 Å². The highest BCUT2D eigenvalue weighted by Gasteiger charge is 2.29. The first-order chi connectivity index (χ1) is 16.9. The van der Waals surface area contributed by atoms with Crippen molar-refractivity contribution in [3.8, 4) is 11.1 Å². The van der Waals surface area contributed by atoms with Crippen LogP contribution in [0.15, 0.2) is 90.5 Å². The Morgan fingerprint density at radius 2 is 1.60 bits per heavy atom. The van der Waals surface area contributed by atoms with Crippen LogP contribution in [0.5, 0.6) is 0 Å². The van der Waals surface area contributed by atoms with Crippen molar-refractivity contribution >= 4 is 22.4 Å². The number of rotatable bonds is 2. The van der Waals surface area contributed by atoms with Gasteiger partial charge in [0.1, 0.15) is 0 Å². The smallest absolute Gasteiger partial charge is 0.00993 e. The van der Waals surface area contributed by atoms with Crippen LogP contribution in [0.3, 0.4) is 0 Å². The highest BCUT2D eigenvalue weighted by Crippen LogP contribution is 2.48. The van der Waals surface area contributed by atoms with Crippen molar-refractivity contribution in [1.29, 1.82) is 0 Å². The third kappa shape index (κ3) is 3.76. The Labute approximate surface area is 210 Å². The minimum atomic E-state index is 0.153. The van der Waals surface area contributed by atoms with Crippen LogP contribution in [-0.4, -0.2) is 0 Å². The molecule has 2 aliphatic carbocycles. The van der Waals surface area contributed by atoms with Crippen molar-refractivity contribution in [3.63, 3.8) is 0 Å². The predicted octanol–water partition coefficient (Wildman–Crippen LogP) is 9.92. The van der Waals surface area contributed by atoms with E-state index in [2.05, 4.69) is 119 Å². The van der Waals surface area contributed by atoms with Crippen molar-refractivity contribution in [3.05, 3.63) is 118 Å². The van der Waals surface area contributed by atoms with Gasteiger partial charge in [-0.3, -0.25) is 0 Å². The van der Waals surface area contributed by atoms with Gasteiger partial charge in [0.15, 0.2) is 0 Å². The first-order valence-electron chi connectivity index (χ1n) is 13.1. The average Bonchev–Trinajstić information content (AvgIpc) is 3.07. The average molecular weight is 455 g/mol. The molecule has 0 amide bonds. The van der Waals surface area contributed by atoms with E-state index in [0.717, 1.165) is 12.8 Å². The molecule has 174 valence electrons. The molecule has 0 heteroatoms. The third-order valence-electron chi connectivity index (χ3n) is 8.05. The SMILES string of the molecule is CCC1CC2=C(c3ccc(-c4ccccc4)cc31)c1ccc3cc(C(C)(C)C)ccc3c1C=CC2. The van der Waals surface area contributed by atoms with Gasteiger partial charge in [-0.25, -0.2) is 0 Å². The summed E-state index contributed by atoms with van der Waals surface area (Å²) in [5.41, 5.74) is 13.0. The molecule has 0 bridgehead atoms. The second-order valence-corrected chi connectivity index (χ2v) is 11.3. The molecule has 4 aromatic rings. The number of benzene rings is 4. The molecule has 4 aromatic carbocycles. The number of hydrogen-bond donors (Lipinski definition) is 0. The first kappa shape index (κ1) is 22.1. The molecule has 0 spiro atoms. The van der Waals surface area contributed by atoms with E-state index in [9.17, 15) is 0 Å². The van der Waals surface area contributed by atoms with Gasteiger partial charge < -0.3 is 0 Å². The van der Waals surface area contributed by atoms with Gasteiger partial charge in [-0.1, -0.05) is 124 Å². The Kier molecular flexibility index (Phi) is 5.29. The van der Waals surface area contributed by atoms with Crippen molar-refractivity contribution < 1.29 is 0 Å². The molecule has 0 heterocycles. The Hall–Kier alpha value is -3.38. The number of fused-ring (bicyclic) bond motifs is 6. The van der Waals surface area contributed by atoms with Gasteiger partial charge in [0.2, 0.25) is 0 Å². The molecule has 1 atom stereocenters. The van der Waals surface area contributed by atoms with Crippen LogP contribution in [0.1, 0.15) is 80.7 Å². The quantitative estimate of drug-likeness (QED) is 0.283. The van der Waals surface area contributed by atoms with Crippen LogP contribution in [0, 0.1) is 0 Å². The molecule has 0 aliphatic heterocycles. The lowest BCUT2D eigenvalue weighted by Crippen LogP contribution is -2.12. The lowest BCUT2D eigenvalue weighted by atomic mass is 9.73. The fourth-order valence-electron chi connectivity index (χ4n) is 6.06. The van der Waals surface area contributed by atoms with Gasteiger partial charge in [-0.05, 0) is 85.9 Å². The fraction of sp³-hybridized carbons (Fsp3) is 0.257. The van der Waals surface area contributed by atoms with Gasteiger partial charge in [-0.15, -0.1) is 0 Å². The summed E-state index contributed by atoms with van der Waals surface area (Å²) < 4.78 is 0. The maximum Gasteiger partial charge on any atom is -0.00993 e. The minimum absolute atomic E-state index is 0.153. The third-order valence-corrected chi connectivity index (χ3v) is 8.05. The zero-order valence-corrected chi connectivity index (χ0v) is 21.4. The van der Waals surface area contributed by atoms with Crippen LogP contribution in [0.25, 0.3) is 33.5 Å². The molecule has 35 heavy (non-hydrogen) atoms. The number of hydrogen-bond acceptors (Lipinski definition) is 0. The molecule has 2 aliphatic rings. The van der Waals surface area contributed by atoms with Gasteiger partial charge in [-0.2, -0.15) is 0 Å². The summed E-state index contributed by atoms with van der Waals surface area (Å²) in [4.78, 5) is 0. The number of allylic oxidation sites excluding steroid dienone is 2. The van der Waals surface area contributed by atoms with E-state index in [1.165, 1.54) is 61.7 Å². The zero-order valence-electron chi connectivity index (χ0n) is 21.4. The Morgan fingerprint density at radius 1 is 0.800 bits per heavy atom. The Bertz CT molecular complexity index is 1490. The Balaban J connectivity index is 1.55. The summed E-state index contributed by atoms with van der Waals surface area (Å²) >= 11 is 0. The second-order valence-electron chi connectivity index (χ2n) is 11.3. The summed E-state index contributed by atoms with van der Waals surface area (Å²) in [5.74, 6) is 0.581. The van der Waals surface area contributed by atoms with E-state index in [4.69, 9.17) is 0 Å². The molecular weight excluding hydrogens is 420 g/mol. The van der Waals surface area contributed by atoms with Gasteiger partial charge in [0, 0.05) is 0 Å². The first-order valence-corrected chi connectivity index (χ1v) is 13.1. The fourth-order valence-corrected chi connectivity index (χ4v) is 6.06. The predicted molar refractivity (Wildman–Crippen MR) is 152 cm³/mol. The van der Waals surface area contributed by atoms with E-state index in [1.807, 2.05) is 0 Å². The van der Waals surface area contributed by atoms with Crippen molar-refractivity contribution in [2.45, 2.75) is 58.3 Å². The maximum absolute atomic E-state index is 2.47. The summed E-state index contributed by atoms with van der Waals surface area (Å²) in [6, 6.07) is 29.8. The monoisotopic (exact) mass is 454 g/mol. The molecule has 0 nitrogen and oxygen atoms in total. The highest BCUT2D eigenvalue weighted by molar-refractivity contribution is 6.00. The molecule has 0 fully saturated rings. The zero-order chi connectivity index (χ0) is 24.2. The molecule has 0 aromatic heterocycles. The van der Waals surface area contributed by atoms with Crippen LogP contribution >= 0.6 is 0 Å². The van der Waals surface area contributed by atoms with Crippen LogP contribution in [0.2, 0.25) is 0 Å². The summed E-state index contributed by atoms with van der Waals surface area (Å²) in [7, 11) is 0. The lowest BCUT2D eigenvalue weighted by molar-refractivity contribution is 0.591. The van der Waals surface area contributed by atoms with Crippen LogP contribution in [0.4, 0.5) is 0 Å². The molecule has 0 saturated heterocycles. The van der Waals surface area contributed by atoms with Crippen LogP contribution < -0.4 is 0 Å². The second kappa shape index (κ2) is 8.38. The van der Waals surface area contributed by atoms with Crippen LogP contribution in [-0.2, 0) is 5.41 Å². The van der Waals surface area contributed by atoms with Crippen molar-refractivity contribution in [2.75, 3.05) is 0 Å². The lowest BCUT2D eigenvalue weighted by Gasteiger charge is -2.30. The molecule has 1 unspecified atom stereocenters. The molecule has 0 radical (unpaired) electrons. The van der Waals surface area contributed by atoms with E-state index in [0.29, 0.717) is 5.92 Å². The summed E-state index contributed by atoms with van der Waals surface area (Å²) in [6.45, 7) is 9.22. The standard InChI is InChI=1S/C35H34/c1-5-23-20-27-12-9-13-30-29-19-16-28(35(2,3)4)21-26(29)15-18-31(30)34(27)32-17-14-25(22-33(23)32)24-10-7-6-8-11-24/h6-11,13-19,21-23H,5,12,20H2,1-4H3.